The van der Waals surface area contributed by atoms with E-state index in [9.17, 15) is 19.5 Å². The molecule has 0 unspecified atom stereocenters. The Morgan fingerprint density at radius 3 is 2.22 bits per heavy atom. The first-order valence-electron chi connectivity index (χ1n) is 14.6. The average molecular weight is 561 g/mol. The molecule has 0 spiro atoms. The second-order valence-corrected chi connectivity index (χ2v) is 11.0. The minimum atomic E-state index is -0.691. The largest absolute Gasteiger partial charge is 0.455 e. The van der Waals surface area contributed by atoms with Gasteiger partial charge in [-0.1, -0.05) is 85.7 Å². The van der Waals surface area contributed by atoms with Gasteiger partial charge in [0.2, 0.25) is 11.8 Å². The van der Waals surface area contributed by atoms with Crippen molar-refractivity contribution in [2.75, 3.05) is 13.2 Å². The monoisotopic (exact) mass is 560 g/mol. The van der Waals surface area contributed by atoms with Gasteiger partial charge < -0.3 is 20.5 Å². The van der Waals surface area contributed by atoms with Crippen LogP contribution in [0.25, 0.3) is 0 Å². The molecule has 220 valence electrons. The zero-order valence-corrected chi connectivity index (χ0v) is 23.9. The topological polar surface area (TPSA) is 105 Å². The van der Waals surface area contributed by atoms with Gasteiger partial charge in [-0.2, -0.15) is 0 Å². The molecule has 0 aromatic heterocycles. The summed E-state index contributed by atoms with van der Waals surface area (Å²) in [5.41, 5.74) is 1.22. The van der Waals surface area contributed by atoms with E-state index < -0.39 is 17.6 Å². The minimum Gasteiger partial charge on any atom is -0.455 e. The SMILES string of the molecule is C=CCC[C@H](Cc1ccccc1)C(=O)O[C@H](CNC(=O)[C@H](CC=C)CC(=O)NC1(CO)CCCC1)c1ccccc1. The number of hydrogen-bond acceptors (Lipinski definition) is 5. The molecular weight excluding hydrogens is 516 g/mol. The van der Waals surface area contributed by atoms with Crippen LogP contribution in [0.3, 0.4) is 0 Å². The average Bonchev–Trinajstić information content (AvgIpc) is 3.46. The van der Waals surface area contributed by atoms with Crippen molar-refractivity contribution in [1.82, 2.24) is 10.6 Å². The lowest BCUT2D eigenvalue weighted by atomic mass is 9.94. The standard InChI is InChI=1S/C34H44N2O5/c1-3-5-17-29(22-26-15-8-6-9-16-26)33(40)41-30(27-18-10-7-11-19-27)24-35-32(39)28(14-4-2)23-31(38)36-34(25-37)20-12-13-21-34/h3-4,6-11,15-16,18-19,28-30,37H,1-2,5,12-14,17,20-25H2,(H,35,39)(H,36,38)/t28-,29-,30-/m1/s1. The molecule has 3 N–H and O–H groups in total. The number of hydrogen-bond donors (Lipinski definition) is 3. The zero-order chi connectivity index (χ0) is 29.5. The fourth-order valence-electron chi connectivity index (χ4n) is 5.42. The number of rotatable bonds is 17. The molecule has 0 heterocycles. The maximum Gasteiger partial charge on any atom is 0.309 e. The van der Waals surface area contributed by atoms with Gasteiger partial charge in [0.25, 0.3) is 0 Å². The zero-order valence-electron chi connectivity index (χ0n) is 23.9. The van der Waals surface area contributed by atoms with Gasteiger partial charge in [-0.05, 0) is 49.7 Å². The van der Waals surface area contributed by atoms with E-state index in [1.165, 1.54) is 0 Å². The molecule has 1 fully saturated rings. The second kappa shape index (κ2) is 16.5. The Morgan fingerprint density at radius 1 is 0.951 bits per heavy atom. The number of nitrogens with one attached hydrogen (secondary N) is 2. The lowest BCUT2D eigenvalue weighted by Gasteiger charge is -2.29. The van der Waals surface area contributed by atoms with E-state index in [2.05, 4.69) is 23.8 Å². The van der Waals surface area contributed by atoms with Crippen LogP contribution in [0, 0.1) is 11.8 Å². The highest BCUT2D eigenvalue weighted by molar-refractivity contribution is 5.86. The van der Waals surface area contributed by atoms with Crippen molar-refractivity contribution in [3.05, 3.63) is 97.1 Å². The summed E-state index contributed by atoms with van der Waals surface area (Å²) in [6.07, 6.45) is 8.25. The predicted octanol–water partition coefficient (Wildman–Crippen LogP) is 5.22. The number of esters is 1. The van der Waals surface area contributed by atoms with Crippen molar-refractivity contribution < 1.29 is 24.2 Å². The Bertz CT molecular complexity index is 1130. The van der Waals surface area contributed by atoms with E-state index in [0.29, 0.717) is 25.7 Å². The normalized spacial score (nSPS) is 16.1. The van der Waals surface area contributed by atoms with Crippen molar-refractivity contribution in [2.45, 2.75) is 69.4 Å². The van der Waals surface area contributed by atoms with Crippen molar-refractivity contribution >= 4 is 17.8 Å². The van der Waals surface area contributed by atoms with Crippen LogP contribution in [-0.4, -0.2) is 41.6 Å². The maximum atomic E-state index is 13.4. The first-order valence-corrected chi connectivity index (χ1v) is 14.6. The van der Waals surface area contributed by atoms with Gasteiger partial charge in [-0.3, -0.25) is 14.4 Å². The predicted molar refractivity (Wildman–Crippen MR) is 161 cm³/mol. The summed E-state index contributed by atoms with van der Waals surface area (Å²) in [7, 11) is 0. The van der Waals surface area contributed by atoms with Crippen molar-refractivity contribution in [1.29, 1.82) is 0 Å². The summed E-state index contributed by atoms with van der Waals surface area (Å²) in [6, 6.07) is 19.2. The van der Waals surface area contributed by atoms with Crippen molar-refractivity contribution in [3.8, 4) is 0 Å². The molecule has 0 radical (unpaired) electrons. The number of amides is 2. The second-order valence-electron chi connectivity index (χ2n) is 11.0. The van der Waals surface area contributed by atoms with E-state index in [0.717, 1.165) is 36.8 Å². The van der Waals surface area contributed by atoms with Crippen LogP contribution < -0.4 is 10.6 Å². The van der Waals surface area contributed by atoms with Gasteiger partial charge >= 0.3 is 5.97 Å². The van der Waals surface area contributed by atoms with Gasteiger partial charge in [0.05, 0.1) is 30.5 Å². The number of carbonyl (C=O) groups is 3. The summed E-state index contributed by atoms with van der Waals surface area (Å²) >= 11 is 0. The number of benzene rings is 2. The molecule has 7 heteroatoms. The van der Waals surface area contributed by atoms with E-state index in [4.69, 9.17) is 4.74 Å². The third-order valence-electron chi connectivity index (χ3n) is 7.79. The van der Waals surface area contributed by atoms with Gasteiger partial charge in [-0.15, -0.1) is 13.2 Å². The van der Waals surface area contributed by atoms with E-state index >= 15 is 0 Å². The highest BCUT2D eigenvalue weighted by atomic mass is 16.5. The number of aliphatic hydroxyl groups is 1. The summed E-state index contributed by atoms with van der Waals surface area (Å²) in [4.78, 5) is 39.5. The minimum absolute atomic E-state index is 0.0178. The Hall–Kier alpha value is -3.71. The summed E-state index contributed by atoms with van der Waals surface area (Å²) in [6.45, 7) is 7.52. The molecule has 41 heavy (non-hydrogen) atoms. The van der Waals surface area contributed by atoms with Crippen LogP contribution >= 0.6 is 0 Å². The third-order valence-corrected chi connectivity index (χ3v) is 7.79. The smallest absolute Gasteiger partial charge is 0.309 e. The summed E-state index contributed by atoms with van der Waals surface area (Å²) in [5, 5.41) is 15.7. The van der Waals surface area contributed by atoms with Crippen molar-refractivity contribution in [2.24, 2.45) is 11.8 Å². The molecule has 0 bridgehead atoms. The van der Waals surface area contributed by atoms with Crippen LogP contribution in [-0.2, 0) is 25.5 Å². The third kappa shape index (κ3) is 10.0. The van der Waals surface area contributed by atoms with Crippen molar-refractivity contribution in [3.63, 3.8) is 0 Å². The number of aliphatic hydroxyl groups excluding tert-OH is 1. The summed E-state index contributed by atoms with van der Waals surface area (Å²) < 4.78 is 6.04. The quantitative estimate of drug-likeness (QED) is 0.182. The molecular formula is C34H44N2O5. The lowest BCUT2D eigenvalue weighted by molar-refractivity contribution is -0.155. The van der Waals surface area contributed by atoms with Gasteiger partial charge in [0.15, 0.2) is 0 Å². The van der Waals surface area contributed by atoms with Gasteiger partial charge in [-0.25, -0.2) is 0 Å². The molecule has 1 aliphatic carbocycles. The molecule has 7 nitrogen and oxygen atoms in total. The fraction of sp³-hybridized carbons (Fsp3) is 0.441. The van der Waals surface area contributed by atoms with E-state index in [-0.39, 0.29) is 43.3 Å². The molecule has 2 amide bonds. The molecule has 3 atom stereocenters. The van der Waals surface area contributed by atoms with Crippen LogP contribution in [0.4, 0.5) is 0 Å². The summed E-state index contributed by atoms with van der Waals surface area (Å²) in [5.74, 6) is -1.89. The molecule has 1 saturated carbocycles. The highest BCUT2D eigenvalue weighted by Gasteiger charge is 2.35. The first kappa shape index (κ1) is 31.8. The lowest BCUT2D eigenvalue weighted by Crippen LogP contribution is -2.50. The van der Waals surface area contributed by atoms with E-state index in [1.807, 2.05) is 60.7 Å². The van der Waals surface area contributed by atoms with Crippen LogP contribution in [0.1, 0.15) is 68.6 Å². The van der Waals surface area contributed by atoms with Crippen LogP contribution in [0.5, 0.6) is 0 Å². The Kier molecular flexibility index (Phi) is 12.8. The van der Waals surface area contributed by atoms with Crippen LogP contribution in [0.2, 0.25) is 0 Å². The molecule has 2 aromatic carbocycles. The van der Waals surface area contributed by atoms with Crippen LogP contribution in [0.15, 0.2) is 86.0 Å². The number of ether oxygens (including phenoxy) is 1. The van der Waals surface area contributed by atoms with Gasteiger partial charge in [0, 0.05) is 6.42 Å². The van der Waals surface area contributed by atoms with Gasteiger partial charge in [0.1, 0.15) is 6.10 Å². The number of allylic oxidation sites excluding steroid dienone is 2. The Balaban J connectivity index is 1.67. The molecule has 2 aromatic rings. The fourth-order valence-corrected chi connectivity index (χ4v) is 5.42. The highest BCUT2D eigenvalue weighted by Crippen LogP contribution is 2.29. The first-order chi connectivity index (χ1) is 19.9. The molecule has 0 saturated heterocycles. The van der Waals surface area contributed by atoms with E-state index in [1.54, 1.807) is 12.2 Å². The number of carbonyl (C=O) groups excluding carboxylic acids is 3. The molecule has 0 aliphatic heterocycles. The molecule has 1 aliphatic rings. The Morgan fingerprint density at radius 2 is 1.61 bits per heavy atom. The maximum absolute atomic E-state index is 13.4. The Labute approximate surface area is 244 Å². The molecule has 3 rings (SSSR count).